The maximum atomic E-state index is 13.2. The predicted octanol–water partition coefficient (Wildman–Crippen LogP) is 4.27. The Morgan fingerprint density at radius 3 is 3.04 bits per heavy atom. The van der Waals surface area contributed by atoms with Crippen LogP contribution in [0, 0.1) is 5.92 Å². The van der Waals surface area contributed by atoms with Crippen LogP contribution in [0.1, 0.15) is 47.0 Å². The minimum Gasteiger partial charge on any atom is -0.463 e. The van der Waals surface area contributed by atoms with Gasteiger partial charge in [-0.2, -0.15) is 0 Å². The zero-order chi connectivity index (χ0) is 19.8. The third kappa shape index (κ3) is 3.39. The van der Waals surface area contributed by atoms with Crippen molar-refractivity contribution in [1.29, 1.82) is 0 Å². The van der Waals surface area contributed by atoms with Crippen molar-refractivity contribution in [3.8, 4) is 0 Å². The first kappa shape index (κ1) is 19.3. The number of hydrogen-bond donors (Lipinski definition) is 0. The molecule has 4 rings (SSSR count). The molecule has 0 N–H and O–H groups in total. The van der Waals surface area contributed by atoms with Gasteiger partial charge in [0.1, 0.15) is 10.6 Å². The van der Waals surface area contributed by atoms with E-state index in [2.05, 4.69) is 11.7 Å². The fourth-order valence-corrected chi connectivity index (χ4v) is 5.98. The van der Waals surface area contributed by atoms with Gasteiger partial charge >= 0.3 is 5.97 Å². The Balaban J connectivity index is 1.66. The first-order valence-corrected chi connectivity index (χ1v) is 11.2. The van der Waals surface area contributed by atoms with E-state index < -0.39 is 5.97 Å². The average molecular weight is 419 g/mol. The number of rotatable bonds is 5. The van der Waals surface area contributed by atoms with Crippen LogP contribution in [0.15, 0.2) is 26.5 Å². The minimum atomic E-state index is -0.500. The Morgan fingerprint density at radius 1 is 1.46 bits per heavy atom. The lowest BCUT2D eigenvalue weighted by atomic mass is 9.89. The van der Waals surface area contributed by atoms with E-state index in [4.69, 9.17) is 9.40 Å². The number of hydrogen-bond acceptors (Lipinski definition) is 7. The normalized spacial score (nSPS) is 16.3. The highest BCUT2D eigenvalue weighted by atomic mass is 32.2. The van der Waals surface area contributed by atoms with Gasteiger partial charge in [0.25, 0.3) is 5.56 Å². The summed E-state index contributed by atoms with van der Waals surface area (Å²) >= 11 is 3.11. The van der Waals surface area contributed by atoms with Crippen LogP contribution >= 0.6 is 23.1 Å². The van der Waals surface area contributed by atoms with Gasteiger partial charge in [-0.25, -0.2) is 9.78 Å². The fourth-order valence-electron chi connectivity index (χ4n) is 3.60. The number of methoxy groups -OCH3 is 1. The molecule has 3 aromatic rings. The Kier molecular flexibility index (Phi) is 5.33. The molecule has 0 unspecified atom stereocenters. The molecule has 8 heteroatoms. The van der Waals surface area contributed by atoms with Crippen LogP contribution in [0.25, 0.3) is 10.2 Å². The van der Waals surface area contributed by atoms with Gasteiger partial charge in [-0.05, 0) is 49.8 Å². The van der Waals surface area contributed by atoms with Gasteiger partial charge in [-0.1, -0.05) is 18.7 Å². The molecule has 6 nitrogen and oxygen atoms in total. The third-order valence-electron chi connectivity index (χ3n) is 5.09. The zero-order valence-corrected chi connectivity index (χ0v) is 17.7. The number of carbonyl (C=O) groups excluding carboxylic acids is 1. The number of carbonyl (C=O) groups is 1. The van der Waals surface area contributed by atoms with Gasteiger partial charge in [0, 0.05) is 11.4 Å². The van der Waals surface area contributed by atoms with Crippen molar-refractivity contribution in [2.45, 2.75) is 50.6 Å². The van der Waals surface area contributed by atoms with E-state index in [-0.39, 0.29) is 11.3 Å². The van der Waals surface area contributed by atoms with Crippen LogP contribution < -0.4 is 5.56 Å². The summed E-state index contributed by atoms with van der Waals surface area (Å²) in [5.41, 5.74) is 1.26. The molecule has 148 valence electrons. The number of thioether (sulfide) groups is 1. The van der Waals surface area contributed by atoms with E-state index in [9.17, 15) is 9.59 Å². The molecule has 1 aliphatic rings. The molecule has 3 aromatic heterocycles. The Labute approximate surface area is 170 Å². The molecule has 0 fully saturated rings. The van der Waals surface area contributed by atoms with E-state index in [0.29, 0.717) is 29.1 Å². The predicted molar refractivity (Wildman–Crippen MR) is 110 cm³/mol. The molecule has 3 heterocycles. The van der Waals surface area contributed by atoms with Crippen LogP contribution in [0.3, 0.4) is 0 Å². The van der Waals surface area contributed by atoms with Gasteiger partial charge in [-0.15, -0.1) is 11.3 Å². The van der Waals surface area contributed by atoms with Gasteiger partial charge in [-0.3, -0.25) is 9.36 Å². The van der Waals surface area contributed by atoms with Crippen LogP contribution in [0.5, 0.6) is 0 Å². The molecule has 0 radical (unpaired) electrons. The SMILES string of the molecule is CCn1c(SCc2ccc(C(=O)OC)o2)nc2sc3c(c2c1=O)CC[C@H](C)C3. The zero-order valence-electron chi connectivity index (χ0n) is 16.1. The van der Waals surface area contributed by atoms with Crippen molar-refractivity contribution in [2.24, 2.45) is 5.92 Å². The summed E-state index contributed by atoms with van der Waals surface area (Å²) in [6.45, 7) is 4.79. The molecule has 28 heavy (non-hydrogen) atoms. The second kappa shape index (κ2) is 7.75. The number of aromatic nitrogens is 2. The van der Waals surface area contributed by atoms with Gasteiger partial charge in [0.15, 0.2) is 5.16 Å². The van der Waals surface area contributed by atoms with Crippen molar-refractivity contribution in [1.82, 2.24) is 9.55 Å². The Bertz CT molecular complexity index is 1100. The number of esters is 1. The monoisotopic (exact) mass is 418 g/mol. The van der Waals surface area contributed by atoms with E-state index in [1.807, 2.05) is 6.92 Å². The highest BCUT2D eigenvalue weighted by molar-refractivity contribution is 7.98. The maximum Gasteiger partial charge on any atom is 0.373 e. The number of nitrogens with zero attached hydrogens (tertiary/aromatic N) is 2. The number of fused-ring (bicyclic) bond motifs is 3. The number of thiophene rings is 1. The van der Waals surface area contributed by atoms with Gasteiger partial charge in [0.05, 0.1) is 18.2 Å². The molecule has 1 aliphatic carbocycles. The van der Waals surface area contributed by atoms with Gasteiger partial charge in [0.2, 0.25) is 5.76 Å². The molecule has 1 atom stereocenters. The summed E-state index contributed by atoms with van der Waals surface area (Å²) in [4.78, 5) is 31.7. The lowest BCUT2D eigenvalue weighted by Gasteiger charge is -2.17. The van der Waals surface area contributed by atoms with Gasteiger partial charge < -0.3 is 9.15 Å². The summed E-state index contributed by atoms with van der Waals surface area (Å²) < 4.78 is 11.9. The fraction of sp³-hybridized carbons (Fsp3) is 0.450. The lowest BCUT2D eigenvalue weighted by molar-refractivity contribution is 0.0563. The number of furan rings is 1. The summed E-state index contributed by atoms with van der Waals surface area (Å²) in [6.07, 6.45) is 3.13. The van der Waals surface area contributed by atoms with E-state index in [1.54, 1.807) is 28.0 Å². The lowest BCUT2D eigenvalue weighted by Crippen LogP contribution is -2.23. The highest BCUT2D eigenvalue weighted by Crippen LogP contribution is 2.36. The van der Waals surface area contributed by atoms with Crippen LogP contribution in [-0.4, -0.2) is 22.6 Å². The second-order valence-corrected chi connectivity index (χ2v) is 9.05. The molecule has 0 aliphatic heterocycles. The Morgan fingerprint density at radius 2 is 2.29 bits per heavy atom. The largest absolute Gasteiger partial charge is 0.463 e. The first-order valence-electron chi connectivity index (χ1n) is 9.36. The molecular weight excluding hydrogens is 396 g/mol. The average Bonchev–Trinajstić information content (AvgIpc) is 3.29. The van der Waals surface area contributed by atoms with E-state index in [0.717, 1.165) is 29.5 Å². The van der Waals surface area contributed by atoms with Crippen molar-refractivity contribution in [3.05, 3.63) is 44.4 Å². The highest BCUT2D eigenvalue weighted by Gasteiger charge is 2.24. The van der Waals surface area contributed by atoms with E-state index >= 15 is 0 Å². The quantitative estimate of drug-likeness (QED) is 0.350. The summed E-state index contributed by atoms with van der Waals surface area (Å²) in [5.74, 6) is 1.46. The number of aryl methyl sites for hydroxylation is 1. The summed E-state index contributed by atoms with van der Waals surface area (Å²) in [5, 5.41) is 1.49. The Hall–Kier alpha value is -2.06. The standard InChI is InChI=1S/C20H22N2O4S2/c1-4-22-18(23)16-13-7-5-11(2)9-15(13)28-17(16)21-20(22)27-10-12-6-8-14(26-12)19(24)25-3/h6,8,11H,4-5,7,9-10H2,1-3H3/t11-/m0/s1. The summed E-state index contributed by atoms with van der Waals surface area (Å²) in [6, 6.07) is 3.34. The molecule has 0 saturated carbocycles. The van der Waals surface area contributed by atoms with E-state index in [1.165, 1.54) is 29.3 Å². The maximum absolute atomic E-state index is 13.2. The third-order valence-corrected chi connectivity index (χ3v) is 7.24. The van der Waals surface area contributed by atoms with Crippen molar-refractivity contribution >= 4 is 39.3 Å². The molecule has 0 spiro atoms. The molecular formula is C20H22N2O4S2. The molecule has 0 amide bonds. The van der Waals surface area contributed by atoms with Crippen LogP contribution in [0.4, 0.5) is 0 Å². The second-order valence-electron chi connectivity index (χ2n) is 7.02. The van der Waals surface area contributed by atoms with Crippen molar-refractivity contribution in [2.75, 3.05) is 7.11 Å². The van der Waals surface area contributed by atoms with Crippen molar-refractivity contribution in [3.63, 3.8) is 0 Å². The first-order chi connectivity index (χ1) is 13.5. The minimum absolute atomic E-state index is 0.0525. The molecule has 0 aromatic carbocycles. The number of ether oxygens (including phenoxy) is 1. The topological polar surface area (TPSA) is 74.3 Å². The van der Waals surface area contributed by atoms with Crippen LogP contribution in [-0.2, 0) is 29.9 Å². The van der Waals surface area contributed by atoms with Crippen LogP contribution in [0.2, 0.25) is 0 Å². The molecule has 0 saturated heterocycles. The smallest absolute Gasteiger partial charge is 0.373 e. The van der Waals surface area contributed by atoms with Crippen molar-refractivity contribution < 1.29 is 13.9 Å². The molecule has 0 bridgehead atoms. The summed E-state index contributed by atoms with van der Waals surface area (Å²) in [7, 11) is 1.32.